The second-order valence-electron chi connectivity index (χ2n) is 6.35. The fraction of sp³-hybridized carbons (Fsp3) is 0.250. The van der Waals surface area contributed by atoms with Gasteiger partial charge in [0.25, 0.3) is 0 Å². The van der Waals surface area contributed by atoms with E-state index in [2.05, 4.69) is 15.9 Å². The van der Waals surface area contributed by atoms with E-state index in [1.807, 2.05) is 30.3 Å². The number of carboxylic acid groups (broad SMARTS) is 1. The maximum atomic E-state index is 12.7. The number of carboxylic acids is 1. The Morgan fingerprint density at radius 2 is 1.89 bits per heavy atom. The number of imide groups is 1. The Hall–Kier alpha value is -2.87. The first-order chi connectivity index (χ1) is 13.4. The molecule has 3 rings (SSSR count). The molecule has 0 aliphatic carbocycles. The van der Waals surface area contributed by atoms with Gasteiger partial charge in [0.2, 0.25) is 5.91 Å². The van der Waals surface area contributed by atoms with E-state index >= 15 is 0 Å². The van der Waals surface area contributed by atoms with Gasteiger partial charge in [0.05, 0.1) is 6.54 Å². The number of benzene rings is 2. The van der Waals surface area contributed by atoms with Gasteiger partial charge in [-0.2, -0.15) is 0 Å². The van der Waals surface area contributed by atoms with Crippen molar-refractivity contribution in [3.63, 3.8) is 0 Å². The van der Waals surface area contributed by atoms with Crippen molar-refractivity contribution in [3.05, 3.63) is 64.1 Å². The van der Waals surface area contributed by atoms with Gasteiger partial charge in [-0.15, -0.1) is 0 Å². The number of nitrogens with zero attached hydrogens (tertiary/aromatic N) is 2. The lowest BCUT2D eigenvalue weighted by Crippen LogP contribution is -2.34. The van der Waals surface area contributed by atoms with Crippen molar-refractivity contribution in [1.82, 2.24) is 9.80 Å². The number of hydrogen-bond donors (Lipinski definition) is 1. The van der Waals surface area contributed by atoms with Crippen LogP contribution >= 0.6 is 15.9 Å². The number of carbonyl (C=O) groups excluding carboxylic acids is 2. The van der Waals surface area contributed by atoms with Crippen molar-refractivity contribution in [2.24, 2.45) is 0 Å². The molecule has 8 heteroatoms. The molecule has 1 N–H and O–H groups in total. The first-order valence-corrected chi connectivity index (χ1v) is 9.49. The van der Waals surface area contributed by atoms with Gasteiger partial charge in [-0.3, -0.25) is 9.69 Å². The molecule has 0 radical (unpaired) electrons. The highest BCUT2D eigenvalue weighted by molar-refractivity contribution is 9.10. The minimum absolute atomic E-state index is 0.0154. The van der Waals surface area contributed by atoms with Crippen LogP contribution in [0.4, 0.5) is 4.79 Å². The van der Waals surface area contributed by atoms with Crippen LogP contribution in [-0.4, -0.2) is 52.5 Å². The molecule has 2 aromatic rings. The van der Waals surface area contributed by atoms with Gasteiger partial charge in [0.15, 0.2) is 6.61 Å². The number of amides is 3. The molecule has 1 aliphatic heterocycles. The molecular weight excluding hydrogens is 428 g/mol. The van der Waals surface area contributed by atoms with E-state index in [0.29, 0.717) is 24.3 Å². The number of hydrogen-bond acceptors (Lipinski definition) is 4. The molecule has 0 bridgehead atoms. The van der Waals surface area contributed by atoms with Crippen LogP contribution in [0.1, 0.15) is 11.1 Å². The van der Waals surface area contributed by atoms with E-state index in [1.54, 1.807) is 18.2 Å². The van der Waals surface area contributed by atoms with Crippen LogP contribution in [0.2, 0.25) is 0 Å². The van der Waals surface area contributed by atoms with Crippen molar-refractivity contribution in [3.8, 4) is 5.75 Å². The minimum Gasteiger partial charge on any atom is -0.482 e. The summed E-state index contributed by atoms with van der Waals surface area (Å²) in [5, 5.41) is 8.82. The van der Waals surface area contributed by atoms with Crippen molar-refractivity contribution >= 4 is 33.8 Å². The van der Waals surface area contributed by atoms with E-state index in [-0.39, 0.29) is 25.0 Å². The van der Waals surface area contributed by atoms with Crippen LogP contribution in [0.25, 0.3) is 0 Å². The summed E-state index contributed by atoms with van der Waals surface area (Å²) in [7, 11) is 0. The normalized spacial score (nSPS) is 13.9. The largest absolute Gasteiger partial charge is 0.482 e. The summed E-state index contributed by atoms with van der Waals surface area (Å²) in [6, 6.07) is 14.4. The monoisotopic (exact) mass is 446 g/mol. The van der Waals surface area contributed by atoms with Crippen molar-refractivity contribution in [2.75, 3.05) is 19.7 Å². The van der Waals surface area contributed by atoms with E-state index < -0.39 is 12.6 Å². The van der Waals surface area contributed by atoms with Gasteiger partial charge in [-0.25, -0.2) is 9.59 Å². The van der Waals surface area contributed by atoms with Crippen molar-refractivity contribution < 1.29 is 24.2 Å². The van der Waals surface area contributed by atoms with Crippen molar-refractivity contribution in [2.45, 2.75) is 13.0 Å². The highest BCUT2D eigenvalue weighted by Crippen LogP contribution is 2.26. The first-order valence-electron chi connectivity index (χ1n) is 8.70. The quantitative estimate of drug-likeness (QED) is 0.629. The van der Waals surface area contributed by atoms with Gasteiger partial charge in [-0.1, -0.05) is 46.3 Å². The molecule has 1 fully saturated rings. The highest BCUT2D eigenvalue weighted by atomic mass is 79.9. The van der Waals surface area contributed by atoms with Gasteiger partial charge < -0.3 is 14.7 Å². The molecular formula is C20H19BrN2O5. The number of ether oxygens (including phenoxy) is 1. The maximum absolute atomic E-state index is 12.7. The summed E-state index contributed by atoms with van der Waals surface area (Å²) >= 11 is 3.36. The van der Waals surface area contributed by atoms with E-state index in [0.717, 1.165) is 10.0 Å². The topological polar surface area (TPSA) is 87.2 Å². The molecule has 1 saturated heterocycles. The molecule has 7 nitrogen and oxygen atoms in total. The van der Waals surface area contributed by atoms with Crippen LogP contribution in [0, 0.1) is 0 Å². The molecule has 0 aromatic heterocycles. The Morgan fingerprint density at radius 1 is 1.14 bits per heavy atom. The fourth-order valence-electron chi connectivity index (χ4n) is 2.98. The van der Waals surface area contributed by atoms with Crippen molar-refractivity contribution in [1.29, 1.82) is 0 Å². The number of aliphatic carboxylic acids is 1. The Labute approximate surface area is 170 Å². The molecule has 146 valence electrons. The second-order valence-corrected chi connectivity index (χ2v) is 7.27. The summed E-state index contributed by atoms with van der Waals surface area (Å²) in [6.07, 6.45) is 0.593. The average Bonchev–Trinajstić information content (AvgIpc) is 2.93. The molecule has 3 amide bonds. The van der Waals surface area contributed by atoms with E-state index in [9.17, 15) is 14.4 Å². The lowest BCUT2D eigenvalue weighted by atomic mass is 10.1. The lowest BCUT2D eigenvalue weighted by Gasteiger charge is -2.19. The minimum atomic E-state index is -1.09. The van der Waals surface area contributed by atoms with Crippen LogP contribution in [0.5, 0.6) is 5.75 Å². The maximum Gasteiger partial charge on any atom is 0.341 e. The smallest absolute Gasteiger partial charge is 0.341 e. The summed E-state index contributed by atoms with van der Waals surface area (Å²) in [6.45, 7) is -0.0247. The Bertz CT molecular complexity index is 887. The van der Waals surface area contributed by atoms with Crippen LogP contribution in [0.15, 0.2) is 53.0 Å². The Morgan fingerprint density at radius 3 is 2.61 bits per heavy atom. The van der Waals surface area contributed by atoms with Crippen LogP contribution in [-0.2, 0) is 22.6 Å². The summed E-state index contributed by atoms with van der Waals surface area (Å²) in [4.78, 5) is 38.5. The lowest BCUT2D eigenvalue weighted by molar-refractivity contribution is -0.139. The molecule has 28 heavy (non-hydrogen) atoms. The summed E-state index contributed by atoms with van der Waals surface area (Å²) in [5.41, 5.74) is 1.68. The van der Waals surface area contributed by atoms with Gasteiger partial charge in [-0.05, 0) is 30.2 Å². The molecule has 0 spiro atoms. The predicted octanol–water partition coefficient (Wildman–Crippen LogP) is 2.92. The van der Waals surface area contributed by atoms with Crippen LogP contribution < -0.4 is 4.74 Å². The zero-order valence-electron chi connectivity index (χ0n) is 15.0. The molecule has 1 aliphatic rings. The van der Waals surface area contributed by atoms with Gasteiger partial charge in [0.1, 0.15) is 12.3 Å². The number of urea groups is 1. The third-order valence-electron chi connectivity index (χ3n) is 4.33. The third-order valence-corrected chi connectivity index (χ3v) is 4.82. The molecule has 0 unspecified atom stereocenters. The third kappa shape index (κ3) is 4.89. The van der Waals surface area contributed by atoms with E-state index in [4.69, 9.17) is 9.84 Å². The second kappa shape index (κ2) is 8.88. The number of rotatable bonds is 8. The van der Waals surface area contributed by atoms with E-state index in [1.165, 1.54) is 9.80 Å². The molecule has 0 saturated carbocycles. The standard InChI is InChI=1S/C20H19BrN2O5/c21-16-6-7-17(28-13-19(25)26)15(10-16)11-22-12-18(24)23(20(22)27)9-8-14-4-2-1-3-5-14/h1-7,10H,8-9,11-13H2,(H,25,26). The molecule has 1 heterocycles. The first kappa shape index (κ1) is 19.9. The predicted molar refractivity (Wildman–Crippen MR) is 105 cm³/mol. The zero-order valence-corrected chi connectivity index (χ0v) is 16.6. The summed E-state index contributed by atoms with van der Waals surface area (Å²) in [5.74, 6) is -0.967. The van der Waals surface area contributed by atoms with Crippen LogP contribution in [0.3, 0.4) is 0 Å². The van der Waals surface area contributed by atoms with Gasteiger partial charge in [0, 0.05) is 16.6 Å². The molecule has 2 aromatic carbocycles. The summed E-state index contributed by atoms with van der Waals surface area (Å²) < 4.78 is 6.07. The zero-order chi connectivity index (χ0) is 20.1. The highest BCUT2D eigenvalue weighted by Gasteiger charge is 2.35. The SMILES string of the molecule is O=C(O)COc1ccc(Br)cc1CN1CC(=O)N(CCc2ccccc2)C1=O. The average molecular weight is 447 g/mol. The number of halogens is 1. The Balaban J connectivity index is 1.68. The Kier molecular flexibility index (Phi) is 6.30. The fourth-order valence-corrected chi connectivity index (χ4v) is 3.39. The van der Waals surface area contributed by atoms with Gasteiger partial charge >= 0.3 is 12.0 Å². The molecule has 0 atom stereocenters. The number of carbonyl (C=O) groups is 3.